The lowest BCUT2D eigenvalue weighted by molar-refractivity contribution is 0.246. The highest BCUT2D eigenvalue weighted by Crippen LogP contribution is 2.27. The molecule has 2 amide bonds. The zero-order chi connectivity index (χ0) is 16.4. The molecule has 122 valence electrons. The zero-order valence-electron chi connectivity index (χ0n) is 13.5. The molecule has 0 aliphatic carbocycles. The number of nitrogens with one attached hydrogen (secondary N) is 1. The van der Waals surface area contributed by atoms with E-state index in [0.717, 1.165) is 42.7 Å². The number of hydrogen-bond acceptors (Lipinski definition) is 2. The number of amides is 2. The summed E-state index contributed by atoms with van der Waals surface area (Å²) in [5.41, 5.74) is 4.43. The molecule has 0 spiro atoms. The molecule has 0 saturated carbocycles. The number of fused-ring (bicyclic) bond motifs is 2. The van der Waals surface area contributed by atoms with Gasteiger partial charge in [0.15, 0.2) is 0 Å². The number of aryl methyl sites for hydroxylation is 1. The van der Waals surface area contributed by atoms with E-state index in [1.807, 2.05) is 47.6 Å². The van der Waals surface area contributed by atoms with Crippen LogP contribution in [0.4, 0.5) is 10.5 Å². The van der Waals surface area contributed by atoms with Gasteiger partial charge < -0.3 is 9.88 Å². The summed E-state index contributed by atoms with van der Waals surface area (Å²) in [6, 6.07) is 16.2. The summed E-state index contributed by atoms with van der Waals surface area (Å²) in [5, 5.41) is 3.03. The molecule has 4 rings (SSSR count). The van der Waals surface area contributed by atoms with Crippen molar-refractivity contribution in [2.45, 2.75) is 19.4 Å². The van der Waals surface area contributed by atoms with E-state index in [1.54, 1.807) is 0 Å². The van der Waals surface area contributed by atoms with Crippen LogP contribution in [0.25, 0.3) is 11.0 Å². The third-order valence-electron chi connectivity index (χ3n) is 4.51. The van der Waals surface area contributed by atoms with Crippen molar-refractivity contribution in [1.82, 2.24) is 14.9 Å². The van der Waals surface area contributed by atoms with E-state index in [-0.39, 0.29) is 6.03 Å². The zero-order valence-corrected chi connectivity index (χ0v) is 13.5. The normalized spacial score (nSPS) is 13.2. The fraction of sp³-hybridized carbons (Fsp3) is 0.263. The maximum Gasteiger partial charge on any atom is 0.321 e. The molecule has 2 aromatic carbocycles. The molecule has 0 radical (unpaired) electrons. The summed E-state index contributed by atoms with van der Waals surface area (Å²) in [7, 11) is 0. The standard InChI is InChI=1S/C19H20N4O/c24-19(23-13-10-15-6-1-3-8-17(15)23)20-11-5-12-22-14-21-16-7-2-4-9-18(16)22/h1-4,6-9,14H,5,10-13H2,(H,20,24). The molecule has 3 aromatic rings. The minimum atomic E-state index is -0.00422. The van der Waals surface area contributed by atoms with Gasteiger partial charge in [-0.3, -0.25) is 4.90 Å². The summed E-state index contributed by atoms with van der Waals surface area (Å²) in [6.07, 6.45) is 3.68. The van der Waals surface area contributed by atoms with E-state index in [1.165, 1.54) is 5.56 Å². The SMILES string of the molecule is O=C(NCCCn1cnc2ccccc21)N1CCc2ccccc21. The predicted molar refractivity (Wildman–Crippen MR) is 95.2 cm³/mol. The lowest BCUT2D eigenvalue weighted by atomic mass is 10.2. The third-order valence-corrected chi connectivity index (χ3v) is 4.51. The number of nitrogens with zero attached hydrogens (tertiary/aromatic N) is 3. The van der Waals surface area contributed by atoms with Crippen molar-refractivity contribution in [3.05, 3.63) is 60.4 Å². The van der Waals surface area contributed by atoms with Crippen LogP contribution in [0, 0.1) is 0 Å². The van der Waals surface area contributed by atoms with Crippen molar-refractivity contribution in [2.24, 2.45) is 0 Å². The van der Waals surface area contributed by atoms with Gasteiger partial charge in [-0.2, -0.15) is 0 Å². The molecule has 1 aliphatic rings. The van der Waals surface area contributed by atoms with E-state index in [0.29, 0.717) is 6.54 Å². The van der Waals surface area contributed by atoms with E-state index in [9.17, 15) is 4.79 Å². The Balaban J connectivity index is 1.31. The van der Waals surface area contributed by atoms with Crippen LogP contribution >= 0.6 is 0 Å². The number of hydrogen-bond donors (Lipinski definition) is 1. The van der Waals surface area contributed by atoms with Crippen LogP contribution in [0.2, 0.25) is 0 Å². The van der Waals surface area contributed by atoms with Gasteiger partial charge in [0, 0.05) is 25.3 Å². The van der Waals surface area contributed by atoms with Crippen LogP contribution in [-0.4, -0.2) is 28.7 Å². The lowest BCUT2D eigenvalue weighted by Gasteiger charge is -2.18. The maximum absolute atomic E-state index is 12.4. The highest BCUT2D eigenvalue weighted by atomic mass is 16.2. The summed E-state index contributed by atoms with van der Waals surface area (Å²) in [5.74, 6) is 0. The molecule has 5 nitrogen and oxygen atoms in total. The fourth-order valence-corrected chi connectivity index (χ4v) is 3.28. The number of rotatable bonds is 4. The number of imidazole rings is 1. The van der Waals surface area contributed by atoms with Gasteiger partial charge in [-0.15, -0.1) is 0 Å². The number of urea groups is 1. The molecule has 5 heteroatoms. The summed E-state index contributed by atoms with van der Waals surface area (Å²) < 4.78 is 2.13. The van der Waals surface area contributed by atoms with Gasteiger partial charge in [0.25, 0.3) is 0 Å². The molecule has 0 unspecified atom stereocenters. The van der Waals surface area contributed by atoms with Crippen molar-refractivity contribution in [1.29, 1.82) is 0 Å². The predicted octanol–water partition coefficient (Wildman–Crippen LogP) is 3.20. The minimum absolute atomic E-state index is 0.00422. The average Bonchev–Trinajstić information content (AvgIpc) is 3.23. The topological polar surface area (TPSA) is 50.2 Å². The molecule has 0 atom stereocenters. The van der Waals surface area contributed by atoms with Gasteiger partial charge >= 0.3 is 6.03 Å². The van der Waals surface area contributed by atoms with Crippen molar-refractivity contribution >= 4 is 22.8 Å². The van der Waals surface area contributed by atoms with E-state index in [4.69, 9.17) is 0 Å². The monoisotopic (exact) mass is 320 g/mol. The first-order valence-electron chi connectivity index (χ1n) is 8.36. The van der Waals surface area contributed by atoms with Crippen molar-refractivity contribution in [3.8, 4) is 0 Å². The lowest BCUT2D eigenvalue weighted by Crippen LogP contribution is -2.39. The van der Waals surface area contributed by atoms with Crippen LogP contribution in [-0.2, 0) is 13.0 Å². The Morgan fingerprint density at radius 1 is 1.12 bits per heavy atom. The Labute approximate surface area is 140 Å². The summed E-state index contributed by atoms with van der Waals surface area (Å²) >= 11 is 0. The first-order valence-corrected chi connectivity index (χ1v) is 8.36. The van der Waals surface area contributed by atoms with Crippen LogP contribution in [0.1, 0.15) is 12.0 Å². The van der Waals surface area contributed by atoms with E-state index < -0.39 is 0 Å². The number of carbonyl (C=O) groups excluding carboxylic acids is 1. The van der Waals surface area contributed by atoms with Crippen molar-refractivity contribution < 1.29 is 4.79 Å². The second-order valence-corrected chi connectivity index (χ2v) is 6.04. The quantitative estimate of drug-likeness (QED) is 0.751. The second kappa shape index (κ2) is 6.35. The number of para-hydroxylation sites is 3. The van der Waals surface area contributed by atoms with Gasteiger partial charge in [0.05, 0.1) is 17.4 Å². The molecular weight excluding hydrogens is 300 g/mol. The number of aromatic nitrogens is 2. The van der Waals surface area contributed by atoms with Gasteiger partial charge in [-0.05, 0) is 36.6 Å². The number of anilines is 1. The van der Waals surface area contributed by atoms with E-state index >= 15 is 0 Å². The molecule has 0 saturated heterocycles. The van der Waals surface area contributed by atoms with Gasteiger partial charge in [-0.25, -0.2) is 9.78 Å². The largest absolute Gasteiger partial charge is 0.338 e. The summed E-state index contributed by atoms with van der Waals surface area (Å²) in [6.45, 7) is 2.26. The Kier molecular flexibility index (Phi) is 3.91. The molecule has 0 fully saturated rings. The highest BCUT2D eigenvalue weighted by molar-refractivity contribution is 5.94. The highest BCUT2D eigenvalue weighted by Gasteiger charge is 2.23. The maximum atomic E-state index is 12.4. The molecular formula is C19H20N4O. The molecule has 1 N–H and O–H groups in total. The minimum Gasteiger partial charge on any atom is -0.338 e. The van der Waals surface area contributed by atoms with Crippen LogP contribution < -0.4 is 10.2 Å². The Bertz CT molecular complexity index is 870. The molecule has 0 bridgehead atoms. The average molecular weight is 320 g/mol. The van der Waals surface area contributed by atoms with Gasteiger partial charge in [0.2, 0.25) is 0 Å². The Hall–Kier alpha value is -2.82. The molecule has 2 heterocycles. The van der Waals surface area contributed by atoms with Gasteiger partial charge in [0.1, 0.15) is 0 Å². The van der Waals surface area contributed by atoms with Crippen LogP contribution in [0.3, 0.4) is 0 Å². The smallest absolute Gasteiger partial charge is 0.321 e. The molecule has 24 heavy (non-hydrogen) atoms. The number of benzene rings is 2. The van der Waals surface area contributed by atoms with Crippen LogP contribution in [0.15, 0.2) is 54.9 Å². The van der Waals surface area contributed by atoms with Gasteiger partial charge in [-0.1, -0.05) is 30.3 Å². The van der Waals surface area contributed by atoms with Crippen molar-refractivity contribution in [2.75, 3.05) is 18.0 Å². The second-order valence-electron chi connectivity index (χ2n) is 6.04. The third kappa shape index (κ3) is 2.73. The molecule has 1 aliphatic heterocycles. The fourth-order valence-electron chi connectivity index (χ4n) is 3.28. The number of carbonyl (C=O) groups is 1. The Morgan fingerprint density at radius 2 is 1.96 bits per heavy atom. The van der Waals surface area contributed by atoms with Crippen LogP contribution in [0.5, 0.6) is 0 Å². The first-order chi connectivity index (χ1) is 11.8. The molecule has 1 aromatic heterocycles. The first kappa shape index (κ1) is 14.8. The van der Waals surface area contributed by atoms with Crippen molar-refractivity contribution in [3.63, 3.8) is 0 Å². The van der Waals surface area contributed by atoms with E-state index in [2.05, 4.69) is 27.0 Å². The Morgan fingerprint density at radius 3 is 2.92 bits per heavy atom. The summed E-state index contributed by atoms with van der Waals surface area (Å²) in [4.78, 5) is 18.6.